The highest BCUT2D eigenvalue weighted by Gasteiger charge is 2.35. The van der Waals surface area contributed by atoms with Crippen LogP contribution in [-0.4, -0.2) is 130 Å². The van der Waals surface area contributed by atoms with E-state index in [2.05, 4.69) is 31.9 Å². The van der Waals surface area contributed by atoms with Crippen LogP contribution in [0.2, 0.25) is 0 Å². The van der Waals surface area contributed by atoms with Crippen molar-refractivity contribution in [1.82, 2.24) is 31.9 Å². The number of carbonyl (C=O) groups is 8. The van der Waals surface area contributed by atoms with E-state index in [9.17, 15) is 48.6 Å². The lowest BCUT2D eigenvalue weighted by Crippen LogP contribution is -2.60. The lowest BCUT2D eigenvalue weighted by atomic mass is 9.96. The Morgan fingerprint density at radius 2 is 1.19 bits per heavy atom. The number of hydrogen-bond acceptors (Lipinski definition) is 12. The van der Waals surface area contributed by atoms with Crippen LogP contribution in [0.25, 0.3) is 0 Å². The van der Waals surface area contributed by atoms with E-state index < -0.39 is 108 Å². The van der Waals surface area contributed by atoms with Crippen molar-refractivity contribution in [3.63, 3.8) is 0 Å². The standard InChI is InChI=1S/C38H70N8O11S/c1-10-22(8)32(46-34(53)23(39)11-12-29(48)49)38(57)44-27(17-30(50)51)36(55)42-25(15-19(2)3)28(47)18-41-24(13-14-58-9)35(54)45-31(21(6)7)37(56)43-26(33(40)52)16-20(4)5/h19-28,31-32,41,47H,10-18,39H2,1-9H3,(H2,40,52)(H,42,55)(H,43,56)(H,44,57)(H,45,54)(H,46,53)(H,48,49)(H,50,51)/t22-,23-,24-,25-,26-,27-,28-,31-,32-/m0/s1. The fourth-order valence-corrected chi connectivity index (χ4v) is 6.33. The van der Waals surface area contributed by atoms with Gasteiger partial charge in [0.2, 0.25) is 35.4 Å². The summed E-state index contributed by atoms with van der Waals surface area (Å²) in [6, 6.07) is -7.91. The SMILES string of the molecule is CC[C@H](C)[C@H](NC(=O)[C@@H](N)CCC(=O)O)C(=O)N[C@@H](CC(=O)O)C(=O)N[C@@H](CC(C)C)[C@@H](O)CN[C@@H](CCSC)C(=O)N[C@H](C(=O)N[C@@H](CC(C)C)C(N)=O)C(C)C. The fourth-order valence-electron chi connectivity index (χ4n) is 5.86. The molecule has 0 saturated carbocycles. The van der Waals surface area contributed by atoms with Crippen molar-refractivity contribution in [1.29, 1.82) is 0 Å². The van der Waals surface area contributed by atoms with Crippen molar-refractivity contribution in [3.8, 4) is 0 Å². The van der Waals surface area contributed by atoms with Gasteiger partial charge >= 0.3 is 11.9 Å². The van der Waals surface area contributed by atoms with Gasteiger partial charge in [0.15, 0.2) is 0 Å². The van der Waals surface area contributed by atoms with Crippen molar-refractivity contribution in [3.05, 3.63) is 0 Å². The molecule has 0 fully saturated rings. The van der Waals surface area contributed by atoms with E-state index in [-0.39, 0.29) is 43.6 Å². The van der Waals surface area contributed by atoms with Crippen LogP contribution >= 0.6 is 11.8 Å². The van der Waals surface area contributed by atoms with Crippen molar-refractivity contribution >= 4 is 59.1 Å². The Labute approximate surface area is 346 Å². The summed E-state index contributed by atoms with van der Waals surface area (Å²) in [5, 5.41) is 46.0. The summed E-state index contributed by atoms with van der Waals surface area (Å²) in [7, 11) is 0. The average molecular weight is 847 g/mol. The quantitative estimate of drug-likeness (QED) is 0.0432. The van der Waals surface area contributed by atoms with Gasteiger partial charge in [0.25, 0.3) is 0 Å². The molecule has 0 saturated heterocycles. The molecule has 0 aromatic carbocycles. The molecule has 0 aliphatic rings. The number of thioether (sulfide) groups is 1. The number of nitrogens with one attached hydrogen (secondary N) is 6. The number of aliphatic carboxylic acids is 2. The minimum Gasteiger partial charge on any atom is -0.481 e. The van der Waals surface area contributed by atoms with Gasteiger partial charge in [0.05, 0.1) is 30.7 Å². The van der Waals surface area contributed by atoms with Crippen molar-refractivity contribution in [2.24, 2.45) is 35.1 Å². The number of carboxylic acid groups (broad SMARTS) is 2. The van der Waals surface area contributed by atoms with E-state index in [1.807, 2.05) is 34.0 Å². The van der Waals surface area contributed by atoms with Crippen LogP contribution in [0, 0.1) is 23.7 Å². The second-order valence-electron chi connectivity index (χ2n) is 15.9. The molecule has 9 atom stereocenters. The summed E-state index contributed by atoms with van der Waals surface area (Å²) in [6.07, 6.45) is 0.365. The van der Waals surface area contributed by atoms with Crippen LogP contribution in [-0.2, 0) is 38.4 Å². The molecular weight excluding hydrogens is 777 g/mol. The molecule has 0 aliphatic carbocycles. The summed E-state index contributed by atoms with van der Waals surface area (Å²) in [4.78, 5) is 102. The third kappa shape index (κ3) is 21.1. The minimum absolute atomic E-state index is 0.0628. The Kier molecular flexibility index (Phi) is 25.7. The lowest BCUT2D eigenvalue weighted by Gasteiger charge is -2.31. The molecule has 0 unspecified atom stereocenters. The number of aliphatic hydroxyl groups is 1. The molecule has 334 valence electrons. The largest absolute Gasteiger partial charge is 0.481 e. The molecule has 0 rings (SSSR count). The molecule has 19 nitrogen and oxygen atoms in total. The first kappa shape index (κ1) is 54.0. The smallest absolute Gasteiger partial charge is 0.305 e. The average Bonchev–Trinajstić information content (AvgIpc) is 3.12. The Balaban J connectivity index is 6.13. The highest BCUT2D eigenvalue weighted by atomic mass is 32.2. The maximum Gasteiger partial charge on any atom is 0.305 e. The molecule has 0 aromatic rings. The number of aliphatic hydroxyl groups excluding tert-OH is 1. The van der Waals surface area contributed by atoms with Gasteiger partial charge in [0.1, 0.15) is 24.2 Å². The minimum atomic E-state index is -1.63. The number of carbonyl (C=O) groups excluding carboxylic acids is 6. The zero-order valence-electron chi connectivity index (χ0n) is 35.5. The van der Waals surface area contributed by atoms with Crippen LogP contribution in [0.3, 0.4) is 0 Å². The van der Waals surface area contributed by atoms with Gasteiger partial charge in [-0.1, -0.05) is 61.8 Å². The maximum atomic E-state index is 13.6. The molecule has 0 spiro atoms. The van der Waals surface area contributed by atoms with Gasteiger partial charge in [-0.3, -0.25) is 38.4 Å². The van der Waals surface area contributed by atoms with Gasteiger partial charge < -0.3 is 58.7 Å². The highest BCUT2D eigenvalue weighted by Crippen LogP contribution is 2.14. The predicted molar refractivity (Wildman–Crippen MR) is 220 cm³/mol. The highest BCUT2D eigenvalue weighted by molar-refractivity contribution is 7.98. The molecule has 0 heterocycles. The number of rotatable bonds is 30. The molecule has 58 heavy (non-hydrogen) atoms. The van der Waals surface area contributed by atoms with Gasteiger partial charge in [-0.05, 0) is 61.4 Å². The monoisotopic (exact) mass is 846 g/mol. The fraction of sp³-hybridized carbons (Fsp3) is 0.789. The second-order valence-corrected chi connectivity index (χ2v) is 16.9. The number of primary amides is 1. The van der Waals surface area contributed by atoms with E-state index in [1.54, 1.807) is 27.7 Å². The summed E-state index contributed by atoms with van der Waals surface area (Å²) in [5.74, 6) is -7.29. The number of carboxylic acids is 2. The summed E-state index contributed by atoms with van der Waals surface area (Å²) in [6.45, 7) is 14.1. The first-order valence-corrected chi connectivity index (χ1v) is 21.2. The van der Waals surface area contributed by atoms with Crippen LogP contribution in [0.1, 0.15) is 100 Å². The van der Waals surface area contributed by atoms with E-state index in [0.717, 1.165) is 0 Å². The first-order valence-electron chi connectivity index (χ1n) is 19.9. The van der Waals surface area contributed by atoms with E-state index in [4.69, 9.17) is 16.6 Å². The van der Waals surface area contributed by atoms with Crippen LogP contribution in [0.5, 0.6) is 0 Å². The van der Waals surface area contributed by atoms with Crippen molar-refractivity contribution < 1.29 is 53.7 Å². The Morgan fingerprint density at radius 3 is 1.67 bits per heavy atom. The third-order valence-corrected chi connectivity index (χ3v) is 10.1. The van der Waals surface area contributed by atoms with Gasteiger partial charge in [-0.25, -0.2) is 0 Å². The molecule has 6 amide bonds. The second kappa shape index (κ2) is 27.6. The van der Waals surface area contributed by atoms with Crippen molar-refractivity contribution in [2.75, 3.05) is 18.6 Å². The summed E-state index contributed by atoms with van der Waals surface area (Å²) in [5.41, 5.74) is 11.3. The Hall–Kier alpha value is -4.01. The number of hydrogen-bond donors (Lipinski definition) is 11. The predicted octanol–water partition coefficient (Wildman–Crippen LogP) is -0.571. The molecule has 0 aliphatic heterocycles. The van der Waals surface area contributed by atoms with E-state index in [0.29, 0.717) is 25.0 Å². The third-order valence-electron chi connectivity index (χ3n) is 9.44. The van der Waals surface area contributed by atoms with Crippen LogP contribution in [0.15, 0.2) is 0 Å². The maximum absolute atomic E-state index is 13.6. The molecule has 0 aromatic heterocycles. The van der Waals surface area contributed by atoms with Gasteiger partial charge in [0, 0.05) is 13.0 Å². The summed E-state index contributed by atoms with van der Waals surface area (Å²) >= 11 is 1.48. The first-order chi connectivity index (χ1) is 26.9. The molecule has 0 bridgehead atoms. The summed E-state index contributed by atoms with van der Waals surface area (Å²) < 4.78 is 0. The molecule has 20 heteroatoms. The molecule has 0 radical (unpaired) electrons. The normalized spacial score (nSPS) is 16.2. The Bertz CT molecular complexity index is 1370. The zero-order valence-corrected chi connectivity index (χ0v) is 36.3. The Morgan fingerprint density at radius 1 is 0.655 bits per heavy atom. The number of amides is 6. The van der Waals surface area contributed by atoms with E-state index in [1.165, 1.54) is 11.8 Å². The number of nitrogens with two attached hydrogens (primary N) is 2. The van der Waals surface area contributed by atoms with Gasteiger partial charge in [-0.15, -0.1) is 0 Å². The zero-order chi connectivity index (χ0) is 44.9. The van der Waals surface area contributed by atoms with Crippen molar-refractivity contribution in [2.45, 2.75) is 149 Å². The topological polar surface area (TPSA) is 321 Å². The van der Waals surface area contributed by atoms with Crippen LogP contribution in [0.4, 0.5) is 0 Å². The van der Waals surface area contributed by atoms with E-state index >= 15 is 0 Å². The lowest BCUT2D eigenvalue weighted by molar-refractivity contribution is -0.142. The molecular formula is C38H70N8O11S. The van der Waals surface area contributed by atoms with Crippen LogP contribution < -0.4 is 43.4 Å². The molecule has 13 N–H and O–H groups in total. The van der Waals surface area contributed by atoms with Gasteiger partial charge in [-0.2, -0.15) is 11.8 Å².